The minimum absolute atomic E-state index is 0.101. The Hall–Kier alpha value is -1.54. The summed E-state index contributed by atoms with van der Waals surface area (Å²) in [6.45, 7) is 3.52. The van der Waals surface area contributed by atoms with E-state index in [1.807, 2.05) is 6.07 Å². The SMILES string of the molecule is CCOP(=O)(CN(c1ccc2cc[nH]c2c1)S(=O)(=O)c1cc(Cl)cc(Cl)c1)OCC. The molecule has 0 bridgehead atoms. The van der Waals surface area contributed by atoms with Gasteiger partial charge in [-0.3, -0.25) is 8.87 Å². The van der Waals surface area contributed by atoms with E-state index in [9.17, 15) is 13.0 Å². The van der Waals surface area contributed by atoms with Crippen LogP contribution in [0, 0.1) is 0 Å². The first-order chi connectivity index (χ1) is 14.2. The normalized spacial score (nSPS) is 12.4. The van der Waals surface area contributed by atoms with Crippen LogP contribution in [0.15, 0.2) is 53.6 Å². The molecule has 1 heterocycles. The monoisotopic (exact) mass is 490 g/mol. The van der Waals surface area contributed by atoms with Crippen LogP contribution in [0.3, 0.4) is 0 Å². The summed E-state index contributed by atoms with van der Waals surface area (Å²) in [7, 11) is -7.96. The van der Waals surface area contributed by atoms with Crippen molar-refractivity contribution in [2.24, 2.45) is 0 Å². The van der Waals surface area contributed by atoms with Crippen molar-refractivity contribution in [1.29, 1.82) is 0 Å². The van der Waals surface area contributed by atoms with E-state index in [1.54, 1.807) is 38.2 Å². The molecule has 0 saturated heterocycles. The number of fused-ring (bicyclic) bond motifs is 1. The molecular formula is C19H21Cl2N2O5PS. The third-order valence-corrected chi connectivity index (χ3v) is 8.52. The summed E-state index contributed by atoms with van der Waals surface area (Å²) < 4.78 is 52.0. The molecule has 30 heavy (non-hydrogen) atoms. The van der Waals surface area contributed by atoms with E-state index in [0.717, 1.165) is 15.2 Å². The zero-order valence-corrected chi connectivity index (χ0v) is 19.6. The lowest BCUT2D eigenvalue weighted by molar-refractivity contribution is 0.221. The number of halogens is 2. The van der Waals surface area contributed by atoms with Crippen molar-refractivity contribution < 1.29 is 22.0 Å². The number of sulfonamides is 1. The molecule has 3 rings (SSSR count). The molecule has 1 aromatic heterocycles. The van der Waals surface area contributed by atoms with Crippen LogP contribution in [0.2, 0.25) is 10.0 Å². The average Bonchev–Trinajstić information content (AvgIpc) is 3.13. The van der Waals surface area contributed by atoms with Gasteiger partial charge in [0.1, 0.15) is 6.29 Å². The van der Waals surface area contributed by atoms with E-state index >= 15 is 0 Å². The first kappa shape index (κ1) is 23.1. The molecule has 11 heteroatoms. The molecule has 0 saturated carbocycles. The summed E-state index contributed by atoms with van der Waals surface area (Å²) >= 11 is 12.1. The molecule has 0 unspecified atom stereocenters. The maximum absolute atomic E-state index is 13.6. The molecule has 1 N–H and O–H groups in total. The maximum Gasteiger partial charge on any atom is 0.350 e. The van der Waals surface area contributed by atoms with E-state index in [0.29, 0.717) is 5.69 Å². The Kier molecular flexibility index (Phi) is 7.17. The number of aromatic nitrogens is 1. The standard InChI is InChI=1S/C19H21Cl2N2O5PS/c1-3-27-29(24,28-4-2)13-23(17-6-5-14-7-8-22-19(14)12-17)30(25,26)18-10-15(20)9-16(21)11-18/h5-12,22H,3-4,13H2,1-2H3. The number of rotatable bonds is 9. The lowest BCUT2D eigenvalue weighted by Gasteiger charge is -2.28. The van der Waals surface area contributed by atoms with Gasteiger partial charge in [0.05, 0.1) is 23.8 Å². The van der Waals surface area contributed by atoms with Gasteiger partial charge in [0.15, 0.2) is 0 Å². The summed E-state index contributed by atoms with van der Waals surface area (Å²) in [5.41, 5.74) is 1.01. The van der Waals surface area contributed by atoms with Gasteiger partial charge < -0.3 is 14.0 Å². The Balaban J connectivity index is 2.16. The number of nitrogens with one attached hydrogen (secondary N) is 1. The fraction of sp³-hybridized carbons (Fsp3) is 0.263. The van der Waals surface area contributed by atoms with Crippen LogP contribution in [-0.2, 0) is 23.6 Å². The molecule has 0 aliphatic carbocycles. The molecular weight excluding hydrogens is 470 g/mol. The average molecular weight is 491 g/mol. The summed E-state index contributed by atoms with van der Waals surface area (Å²) in [6, 6.07) is 10.9. The van der Waals surface area contributed by atoms with E-state index < -0.39 is 23.9 Å². The quantitative estimate of drug-likeness (QED) is 0.377. The number of hydrogen-bond donors (Lipinski definition) is 1. The second-order valence-electron chi connectivity index (χ2n) is 6.30. The van der Waals surface area contributed by atoms with Crippen LogP contribution >= 0.6 is 30.8 Å². The van der Waals surface area contributed by atoms with E-state index in [1.165, 1.54) is 18.2 Å². The van der Waals surface area contributed by atoms with Crippen LogP contribution < -0.4 is 4.31 Å². The molecule has 162 valence electrons. The molecule has 0 aliphatic rings. The summed E-state index contributed by atoms with van der Waals surface area (Å²) in [4.78, 5) is 2.91. The molecule has 0 spiro atoms. The molecule has 0 amide bonds. The van der Waals surface area contributed by atoms with Gasteiger partial charge in [0, 0.05) is 21.8 Å². The molecule has 0 radical (unpaired) electrons. The Morgan fingerprint density at radius 3 is 2.23 bits per heavy atom. The second kappa shape index (κ2) is 9.30. The van der Waals surface area contributed by atoms with Gasteiger partial charge in [0.2, 0.25) is 0 Å². The Morgan fingerprint density at radius 2 is 1.63 bits per heavy atom. The van der Waals surface area contributed by atoms with E-state index in [2.05, 4.69) is 4.98 Å². The third-order valence-electron chi connectivity index (χ3n) is 4.20. The number of benzene rings is 2. The van der Waals surface area contributed by atoms with Gasteiger partial charge in [0.25, 0.3) is 10.0 Å². The Morgan fingerprint density at radius 1 is 1.00 bits per heavy atom. The molecule has 0 aliphatic heterocycles. The van der Waals surface area contributed by atoms with Crippen molar-refractivity contribution in [3.05, 3.63) is 58.7 Å². The molecule has 0 atom stereocenters. The fourth-order valence-corrected chi connectivity index (χ4v) is 7.35. The number of H-pyrrole nitrogens is 1. The Labute approximate surface area is 185 Å². The third kappa shape index (κ3) is 5.02. The number of aromatic amines is 1. The zero-order valence-electron chi connectivity index (χ0n) is 16.3. The van der Waals surface area contributed by atoms with Crippen LogP contribution in [0.1, 0.15) is 13.8 Å². The highest BCUT2D eigenvalue weighted by molar-refractivity contribution is 7.93. The summed E-state index contributed by atoms with van der Waals surface area (Å²) in [6.07, 6.45) is 1.24. The predicted molar refractivity (Wildman–Crippen MR) is 120 cm³/mol. The highest BCUT2D eigenvalue weighted by Crippen LogP contribution is 2.50. The highest BCUT2D eigenvalue weighted by atomic mass is 35.5. The number of hydrogen-bond acceptors (Lipinski definition) is 5. The molecule has 3 aromatic rings. The Bertz CT molecular complexity index is 1170. The highest BCUT2D eigenvalue weighted by Gasteiger charge is 2.35. The minimum Gasteiger partial charge on any atom is -0.361 e. The summed E-state index contributed by atoms with van der Waals surface area (Å²) in [5.74, 6) is 0. The topological polar surface area (TPSA) is 88.7 Å². The van der Waals surface area contributed by atoms with Crippen LogP contribution in [0.25, 0.3) is 10.9 Å². The van der Waals surface area contributed by atoms with Gasteiger partial charge in [-0.25, -0.2) is 8.42 Å². The lowest BCUT2D eigenvalue weighted by atomic mass is 10.2. The first-order valence-corrected chi connectivity index (χ1v) is 13.0. The van der Waals surface area contributed by atoms with Gasteiger partial charge in [-0.2, -0.15) is 0 Å². The van der Waals surface area contributed by atoms with Crippen LogP contribution in [-0.4, -0.2) is 32.9 Å². The van der Waals surface area contributed by atoms with Gasteiger partial charge in [-0.05, 0) is 55.6 Å². The van der Waals surface area contributed by atoms with E-state index in [-0.39, 0.29) is 28.2 Å². The lowest BCUT2D eigenvalue weighted by Crippen LogP contribution is -2.33. The van der Waals surface area contributed by atoms with Crippen LogP contribution in [0.5, 0.6) is 0 Å². The predicted octanol–water partition coefficient (Wildman–Crippen LogP) is 5.89. The largest absolute Gasteiger partial charge is 0.361 e. The molecule has 0 fully saturated rings. The second-order valence-corrected chi connectivity index (χ2v) is 11.1. The van der Waals surface area contributed by atoms with Crippen molar-refractivity contribution in [2.45, 2.75) is 18.7 Å². The van der Waals surface area contributed by atoms with Crippen molar-refractivity contribution in [3.8, 4) is 0 Å². The fourth-order valence-electron chi connectivity index (χ4n) is 2.96. The number of anilines is 1. The first-order valence-electron chi connectivity index (χ1n) is 9.12. The maximum atomic E-state index is 13.6. The van der Waals surface area contributed by atoms with E-state index in [4.69, 9.17) is 32.2 Å². The van der Waals surface area contributed by atoms with Crippen molar-refractivity contribution in [2.75, 3.05) is 23.8 Å². The smallest absolute Gasteiger partial charge is 0.350 e. The van der Waals surface area contributed by atoms with Crippen LogP contribution in [0.4, 0.5) is 5.69 Å². The van der Waals surface area contributed by atoms with Crippen molar-refractivity contribution in [3.63, 3.8) is 0 Å². The van der Waals surface area contributed by atoms with Gasteiger partial charge >= 0.3 is 7.60 Å². The molecule has 7 nitrogen and oxygen atoms in total. The van der Waals surface area contributed by atoms with Gasteiger partial charge in [-0.1, -0.05) is 29.3 Å². The molecule has 2 aromatic carbocycles. The minimum atomic E-state index is -4.20. The van der Waals surface area contributed by atoms with Crippen molar-refractivity contribution in [1.82, 2.24) is 4.98 Å². The summed E-state index contributed by atoms with van der Waals surface area (Å²) in [5, 5.41) is 1.23. The van der Waals surface area contributed by atoms with Gasteiger partial charge in [-0.15, -0.1) is 0 Å². The van der Waals surface area contributed by atoms with Crippen molar-refractivity contribution >= 4 is 57.4 Å². The number of nitrogens with zero attached hydrogens (tertiary/aromatic N) is 1. The zero-order chi connectivity index (χ0) is 21.9.